The maximum atomic E-state index is 12.1. The van der Waals surface area contributed by atoms with E-state index in [0.717, 1.165) is 11.4 Å². The Morgan fingerprint density at radius 1 is 1.30 bits per heavy atom. The molecular weight excluding hydrogens is 338 g/mol. The number of aromatic nitrogens is 3. The lowest BCUT2D eigenvalue weighted by molar-refractivity contribution is 1.05. The first-order valence-corrected chi connectivity index (χ1v) is 7.59. The molecule has 0 saturated carbocycles. The number of thiazole rings is 1. The smallest absolute Gasteiger partial charge is 0.268 e. The maximum absolute atomic E-state index is 12.1. The number of halogens is 1. The third kappa shape index (κ3) is 2.44. The van der Waals surface area contributed by atoms with E-state index in [2.05, 4.69) is 25.9 Å². The summed E-state index contributed by atoms with van der Waals surface area (Å²) in [5.74, 6) is 0. The van der Waals surface area contributed by atoms with Crippen molar-refractivity contribution in [1.29, 1.82) is 0 Å². The van der Waals surface area contributed by atoms with Gasteiger partial charge in [0.15, 0.2) is 4.96 Å². The number of hydrogen-bond donors (Lipinski definition) is 0. The van der Waals surface area contributed by atoms with Crippen LogP contribution in [-0.4, -0.2) is 14.4 Å². The van der Waals surface area contributed by atoms with E-state index in [9.17, 15) is 4.79 Å². The highest BCUT2D eigenvalue weighted by atomic mass is 79.9. The van der Waals surface area contributed by atoms with Crippen molar-refractivity contribution < 1.29 is 0 Å². The Morgan fingerprint density at radius 3 is 2.95 bits per heavy atom. The van der Waals surface area contributed by atoms with Crippen molar-refractivity contribution in [2.75, 3.05) is 0 Å². The summed E-state index contributed by atoms with van der Waals surface area (Å²) in [4.78, 5) is 21.6. The molecule has 0 aromatic carbocycles. The highest BCUT2D eigenvalue weighted by molar-refractivity contribution is 9.10. The van der Waals surface area contributed by atoms with Crippen molar-refractivity contribution in [3.63, 3.8) is 0 Å². The second-order valence-electron chi connectivity index (χ2n) is 4.21. The highest BCUT2D eigenvalue weighted by Crippen LogP contribution is 2.16. The minimum absolute atomic E-state index is 0.104. The van der Waals surface area contributed by atoms with E-state index in [-0.39, 0.29) is 5.56 Å². The predicted molar refractivity (Wildman–Crippen MR) is 84.9 cm³/mol. The molecule has 6 heteroatoms. The molecule has 3 rings (SSSR count). The summed E-state index contributed by atoms with van der Waals surface area (Å²) in [6.07, 6.45) is 5.37. The molecule has 0 atom stereocenters. The average molecular weight is 348 g/mol. The molecule has 3 aromatic heterocycles. The van der Waals surface area contributed by atoms with Crippen LogP contribution in [0.4, 0.5) is 0 Å². The van der Waals surface area contributed by atoms with Gasteiger partial charge in [0.2, 0.25) is 0 Å². The lowest BCUT2D eigenvalue weighted by Crippen LogP contribution is -2.14. The number of nitrogens with zero attached hydrogens (tertiary/aromatic N) is 3. The van der Waals surface area contributed by atoms with Crippen molar-refractivity contribution >= 4 is 44.4 Å². The van der Waals surface area contributed by atoms with Crippen LogP contribution in [0.1, 0.15) is 17.1 Å². The van der Waals surface area contributed by atoms with Gasteiger partial charge >= 0.3 is 0 Å². The first-order valence-electron chi connectivity index (χ1n) is 5.92. The number of fused-ring (bicyclic) bond motifs is 1. The van der Waals surface area contributed by atoms with Crippen LogP contribution in [0.2, 0.25) is 0 Å². The van der Waals surface area contributed by atoms with E-state index in [0.29, 0.717) is 15.1 Å². The lowest BCUT2D eigenvalue weighted by atomic mass is 10.2. The minimum atomic E-state index is -0.104. The Bertz CT molecular complexity index is 866. The van der Waals surface area contributed by atoms with Gasteiger partial charge in [-0.1, -0.05) is 6.07 Å². The van der Waals surface area contributed by atoms with Crippen LogP contribution in [-0.2, 0) is 0 Å². The summed E-state index contributed by atoms with van der Waals surface area (Å²) in [5.41, 5.74) is 2.30. The largest absolute Gasteiger partial charge is 0.273 e. The molecular formula is C14H10BrN3OS. The lowest BCUT2D eigenvalue weighted by Gasteiger charge is -1.99. The first-order chi connectivity index (χ1) is 9.65. The van der Waals surface area contributed by atoms with Crippen LogP contribution in [0.3, 0.4) is 0 Å². The number of rotatable bonds is 2. The fraction of sp³-hybridized carbons (Fsp3) is 0.0714. The van der Waals surface area contributed by atoms with Crippen LogP contribution in [0.15, 0.2) is 39.0 Å². The van der Waals surface area contributed by atoms with Gasteiger partial charge in [0.05, 0.1) is 11.4 Å². The Hall–Kier alpha value is -1.79. The highest BCUT2D eigenvalue weighted by Gasteiger charge is 2.08. The number of aryl methyl sites for hydroxylation is 1. The molecule has 0 saturated heterocycles. The molecule has 4 nitrogen and oxygen atoms in total. The van der Waals surface area contributed by atoms with Crippen molar-refractivity contribution in [2.45, 2.75) is 6.92 Å². The Labute approximate surface area is 127 Å². The summed E-state index contributed by atoms with van der Waals surface area (Å²) in [6, 6.07) is 5.80. The second-order valence-corrected chi connectivity index (χ2v) is 5.87. The molecule has 0 radical (unpaired) electrons. The Balaban J connectivity index is 2.06. The molecule has 0 aliphatic heterocycles. The average Bonchev–Trinajstić information content (AvgIpc) is 2.90. The minimum Gasteiger partial charge on any atom is -0.268 e. The van der Waals surface area contributed by atoms with Gasteiger partial charge in [0, 0.05) is 17.3 Å². The van der Waals surface area contributed by atoms with Gasteiger partial charge in [-0.2, -0.15) is 0 Å². The third-order valence-corrected chi connectivity index (χ3v) is 4.26. The van der Waals surface area contributed by atoms with E-state index in [1.807, 2.05) is 36.6 Å². The van der Waals surface area contributed by atoms with Gasteiger partial charge in [0.25, 0.3) is 5.56 Å². The predicted octanol–water partition coefficient (Wildman–Crippen LogP) is 3.39. The summed E-state index contributed by atoms with van der Waals surface area (Å²) in [6.45, 7) is 1.94. The second kappa shape index (κ2) is 5.30. The SMILES string of the molecule is Cc1cccc(C=Cc2nc3sccn3c(=O)c2Br)n1. The zero-order valence-electron chi connectivity index (χ0n) is 10.6. The summed E-state index contributed by atoms with van der Waals surface area (Å²) in [5, 5.41) is 1.84. The van der Waals surface area contributed by atoms with Crippen molar-refractivity contribution in [1.82, 2.24) is 14.4 Å². The first kappa shape index (κ1) is 13.2. The van der Waals surface area contributed by atoms with Gasteiger partial charge in [-0.25, -0.2) is 4.98 Å². The van der Waals surface area contributed by atoms with Crippen LogP contribution >= 0.6 is 27.3 Å². The number of pyridine rings is 1. The molecule has 3 aromatic rings. The van der Waals surface area contributed by atoms with Crippen LogP contribution < -0.4 is 5.56 Å². The van der Waals surface area contributed by atoms with Gasteiger partial charge in [-0.15, -0.1) is 11.3 Å². The Kier molecular flexibility index (Phi) is 3.50. The van der Waals surface area contributed by atoms with Gasteiger partial charge in [0.1, 0.15) is 4.47 Å². The molecule has 0 spiro atoms. The van der Waals surface area contributed by atoms with E-state index >= 15 is 0 Å². The molecule has 0 fully saturated rings. The number of hydrogen-bond acceptors (Lipinski definition) is 4. The molecule has 0 aliphatic carbocycles. The molecule has 0 N–H and O–H groups in total. The van der Waals surface area contributed by atoms with Crippen molar-refractivity contribution in [3.8, 4) is 0 Å². The van der Waals surface area contributed by atoms with Crippen molar-refractivity contribution in [2.24, 2.45) is 0 Å². The van der Waals surface area contributed by atoms with Gasteiger partial charge in [-0.05, 0) is 47.1 Å². The standard InChI is InChI=1S/C14H10BrN3OS/c1-9-3-2-4-10(16-9)5-6-11-12(15)13(19)18-7-8-20-14(18)17-11/h2-8H,1H3. The quantitative estimate of drug-likeness (QED) is 0.713. The van der Waals surface area contributed by atoms with E-state index in [4.69, 9.17) is 0 Å². The van der Waals surface area contributed by atoms with E-state index in [1.54, 1.807) is 12.3 Å². The molecule has 0 unspecified atom stereocenters. The summed E-state index contributed by atoms with van der Waals surface area (Å²) >= 11 is 4.74. The van der Waals surface area contributed by atoms with Crippen LogP contribution in [0.5, 0.6) is 0 Å². The maximum Gasteiger partial charge on any atom is 0.273 e. The van der Waals surface area contributed by atoms with E-state index in [1.165, 1.54) is 15.7 Å². The fourth-order valence-corrected chi connectivity index (χ4v) is 2.93. The normalized spacial score (nSPS) is 11.5. The van der Waals surface area contributed by atoms with E-state index < -0.39 is 0 Å². The molecule has 0 amide bonds. The van der Waals surface area contributed by atoms with Gasteiger partial charge < -0.3 is 0 Å². The molecule has 20 heavy (non-hydrogen) atoms. The van der Waals surface area contributed by atoms with Crippen LogP contribution in [0.25, 0.3) is 17.1 Å². The topological polar surface area (TPSA) is 47.3 Å². The zero-order chi connectivity index (χ0) is 14.1. The summed E-state index contributed by atoms with van der Waals surface area (Å²) in [7, 11) is 0. The summed E-state index contributed by atoms with van der Waals surface area (Å²) < 4.78 is 1.98. The third-order valence-electron chi connectivity index (χ3n) is 2.76. The van der Waals surface area contributed by atoms with Crippen LogP contribution in [0, 0.1) is 6.92 Å². The molecule has 100 valence electrons. The fourth-order valence-electron chi connectivity index (χ4n) is 1.81. The molecule has 3 heterocycles. The zero-order valence-corrected chi connectivity index (χ0v) is 13.0. The Morgan fingerprint density at radius 2 is 2.15 bits per heavy atom. The molecule has 0 bridgehead atoms. The monoisotopic (exact) mass is 347 g/mol. The molecule has 0 aliphatic rings. The van der Waals surface area contributed by atoms with Gasteiger partial charge in [-0.3, -0.25) is 14.2 Å². The van der Waals surface area contributed by atoms with Crippen molar-refractivity contribution in [3.05, 3.63) is 61.7 Å².